The van der Waals surface area contributed by atoms with Gasteiger partial charge in [0.25, 0.3) is 0 Å². The van der Waals surface area contributed by atoms with Crippen LogP contribution >= 0.6 is 15.9 Å². The van der Waals surface area contributed by atoms with Crippen molar-refractivity contribution >= 4 is 21.6 Å². The van der Waals surface area contributed by atoms with Gasteiger partial charge in [0, 0.05) is 30.9 Å². The molecule has 3 unspecified atom stereocenters. The number of nitrogens with one attached hydrogen (secondary N) is 1. The SMILES string of the molecule is CCC(C)C1CN(c2ccc(Br)c(F)c2)C(C)CN1. The first-order chi connectivity index (χ1) is 9.02. The minimum absolute atomic E-state index is 0.191. The van der Waals surface area contributed by atoms with Crippen LogP contribution in [0.2, 0.25) is 0 Å². The fraction of sp³-hybridized carbons (Fsp3) is 0.600. The van der Waals surface area contributed by atoms with Crippen molar-refractivity contribution in [2.45, 2.75) is 39.3 Å². The summed E-state index contributed by atoms with van der Waals surface area (Å²) >= 11 is 3.21. The molecule has 0 radical (unpaired) electrons. The predicted octanol–water partition coefficient (Wildman–Crippen LogP) is 3.80. The molecule has 1 N–H and O–H groups in total. The zero-order valence-corrected chi connectivity index (χ0v) is 13.4. The Bertz CT molecular complexity index is 438. The van der Waals surface area contributed by atoms with E-state index in [2.05, 4.69) is 46.9 Å². The highest BCUT2D eigenvalue weighted by atomic mass is 79.9. The van der Waals surface area contributed by atoms with Gasteiger partial charge in [0.15, 0.2) is 0 Å². The van der Waals surface area contributed by atoms with E-state index in [4.69, 9.17) is 0 Å². The summed E-state index contributed by atoms with van der Waals surface area (Å²) in [5.74, 6) is 0.443. The number of halogens is 2. The summed E-state index contributed by atoms with van der Waals surface area (Å²) in [6, 6.07) is 6.27. The van der Waals surface area contributed by atoms with E-state index in [1.807, 2.05) is 6.07 Å². The average Bonchev–Trinajstić information content (AvgIpc) is 2.41. The van der Waals surface area contributed by atoms with Crippen LogP contribution in [-0.2, 0) is 0 Å². The topological polar surface area (TPSA) is 15.3 Å². The third-order valence-corrected chi connectivity index (χ3v) is 4.81. The highest BCUT2D eigenvalue weighted by Crippen LogP contribution is 2.26. The van der Waals surface area contributed by atoms with Crippen molar-refractivity contribution < 1.29 is 4.39 Å². The zero-order chi connectivity index (χ0) is 14.0. The van der Waals surface area contributed by atoms with Gasteiger partial charge in [-0.15, -0.1) is 0 Å². The molecular weight excluding hydrogens is 307 g/mol. The number of hydrogen-bond acceptors (Lipinski definition) is 2. The fourth-order valence-electron chi connectivity index (χ4n) is 2.58. The average molecular weight is 329 g/mol. The Morgan fingerprint density at radius 1 is 1.53 bits per heavy atom. The van der Waals surface area contributed by atoms with E-state index < -0.39 is 0 Å². The highest BCUT2D eigenvalue weighted by molar-refractivity contribution is 9.10. The molecule has 1 aromatic carbocycles. The third-order valence-electron chi connectivity index (χ3n) is 4.17. The van der Waals surface area contributed by atoms with Crippen molar-refractivity contribution in [2.24, 2.45) is 5.92 Å². The van der Waals surface area contributed by atoms with E-state index in [1.54, 1.807) is 12.1 Å². The van der Waals surface area contributed by atoms with Crippen molar-refractivity contribution in [2.75, 3.05) is 18.0 Å². The summed E-state index contributed by atoms with van der Waals surface area (Å²) < 4.78 is 14.2. The van der Waals surface area contributed by atoms with Crippen molar-refractivity contribution in [3.63, 3.8) is 0 Å². The molecule has 0 saturated carbocycles. The Kier molecular flexibility index (Phi) is 4.85. The van der Waals surface area contributed by atoms with Gasteiger partial charge < -0.3 is 10.2 Å². The largest absolute Gasteiger partial charge is 0.366 e. The molecule has 2 rings (SSSR count). The summed E-state index contributed by atoms with van der Waals surface area (Å²) in [6.07, 6.45) is 1.16. The molecule has 0 amide bonds. The summed E-state index contributed by atoms with van der Waals surface area (Å²) in [5, 5.41) is 3.60. The number of benzene rings is 1. The molecule has 1 aliphatic rings. The van der Waals surface area contributed by atoms with E-state index in [9.17, 15) is 4.39 Å². The highest BCUT2D eigenvalue weighted by Gasteiger charge is 2.28. The van der Waals surface area contributed by atoms with Gasteiger partial charge in [0.1, 0.15) is 5.82 Å². The smallest absolute Gasteiger partial charge is 0.139 e. The van der Waals surface area contributed by atoms with Crippen LogP contribution < -0.4 is 10.2 Å². The van der Waals surface area contributed by atoms with Crippen LogP contribution in [0.5, 0.6) is 0 Å². The number of nitrogens with zero attached hydrogens (tertiary/aromatic N) is 1. The van der Waals surface area contributed by atoms with Crippen molar-refractivity contribution in [3.8, 4) is 0 Å². The van der Waals surface area contributed by atoms with Gasteiger partial charge in [-0.25, -0.2) is 4.39 Å². The second kappa shape index (κ2) is 6.23. The molecule has 1 saturated heterocycles. The molecule has 0 aromatic heterocycles. The number of anilines is 1. The molecule has 4 heteroatoms. The molecular formula is C15H22BrFN2. The van der Waals surface area contributed by atoms with Crippen LogP contribution in [0.25, 0.3) is 0 Å². The normalized spacial score (nSPS) is 25.4. The molecule has 1 heterocycles. The first-order valence-corrected chi connectivity index (χ1v) is 7.77. The van der Waals surface area contributed by atoms with E-state index in [1.165, 1.54) is 0 Å². The van der Waals surface area contributed by atoms with E-state index in [0.29, 0.717) is 22.5 Å². The minimum atomic E-state index is -0.191. The Labute approximate surface area is 123 Å². The third kappa shape index (κ3) is 3.29. The number of piperazine rings is 1. The van der Waals surface area contributed by atoms with Gasteiger partial charge in [-0.3, -0.25) is 0 Å². The Hall–Kier alpha value is -0.610. The van der Waals surface area contributed by atoms with Crippen molar-refractivity contribution in [1.29, 1.82) is 0 Å². The Morgan fingerprint density at radius 2 is 2.26 bits per heavy atom. The van der Waals surface area contributed by atoms with Crippen LogP contribution in [-0.4, -0.2) is 25.2 Å². The molecule has 0 spiro atoms. The van der Waals surface area contributed by atoms with Gasteiger partial charge in [0.05, 0.1) is 4.47 Å². The Balaban J connectivity index is 2.18. The number of rotatable bonds is 3. The van der Waals surface area contributed by atoms with Crippen LogP contribution in [0.1, 0.15) is 27.2 Å². The molecule has 0 bridgehead atoms. The molecule has 0 aliphatic carbocycles. The lowest BCUT2D eigenvalue weighted by Crippen LogP contribution is -2.57. The maximum absolute atomic E-state index is 13.7. The quantitative estimate of drug-likeness (QED) is 0.907. The van der Waals surface area contributed by atoms with Crippen LogP contribution in [0, 0.1) is 11.7 Å². The predicted molar refractivity (Wildman–Crippen MR) is 82.2 cm³/mol. The van der Waals surface area contributed by atoms with Gasteiger partial charge in [-0.2, -0.15) is 0 Å². The van der Waals surface area contributed by atoms with Gasteiger partial charge in [0.2, 0.25) is 0 Å². The summed E-state index contributed by atoms with van der Waals surface area (Å²) in [6.45, 7) is 8.56. The standard InChI is InChI=1S/C15H22BrFN2/c1-4-10(2)15-9-19(11(3)8-18-15)12-5-6-13(16)14(17)7-12/h5-7,10-11,15,18H,4,8-9H2,1-3H3. The molecule has 1 fully saturated rings. The summed E-state index contributed by atoms with van der Waals surface area (Å²) in [5.41, 5.74) is 0.975. The maximum Gasteiger partial charge on any atom is 0.139 e. The lowest BCUT2D eigenvalue weighted by molar-refractivity contribution is 0.315. The Morgan fingerprint density at radius 3 is 2.89 bits per heavy atom. The lowest BCUT2D eigenvalue weighted by atomic mass is 9.95. The summed E-state index contributed by atoms with van der Waals surface area (Å²) in [4.78, 5) is 2.31. The second-order valence-corrected chi connectivity index (χ2v) is 6.35. The first kappa shape index (κ1) is 14.8. The number of hydrogen-bond donors (Lipinski definition) is 1. The van der Waals surface area contributed by atoms with E-state index >= 15 is 0 Å². The summed E-state index contributed by atoms with van der Waals surface area (Å²) in [7, 11) is 0. The molecule has 1 aliphatic heterocycles. The van der Waals surface area contributed by atoms with Crippen molar-refractivity contribution in [3.05, 3.63) is 28.5 Å². The van der Waals surface area contributed by atoms with Crippen molar-refractivity contribution in [1.82, 2.24) is 5.32 Å². The van der Waals surface area contributed by atoms with Gasteiger partial charge in [-0.05, 0) is 47.0 Å². The molecule has 1 aromatic rings. The van der Waals surface area contributed by atoms with E-state index in [-0.39, 0.29) is 5.82 Å². The van der Waals surface area contributed by atoms with Gasteiger partial charge in [-0.1, -0.05) is 20.3 Å². The molecule has 19 heavy (non-hydrogen) atoms. The first-order valence-electron chi connectivity index (χ1n) is 6.98. The second-order valence-electron chi connectivity index (χ2n) is 5.50. The maximum atomic E-state index is 13.7. The molecule has 3 atom stereocenters. The molecule has 2 nitrogen and oxygen atoms in total. The molecule has 106 valence electrons. The monoisotopic (exact) mass is 328 g/mol. The minimum Gasteiger partial charge on any atom is -0.366 e. The van der Waals surface area contributed by atoms with Crippen LogP contribution in [0.3, 0.4) is 0 Å². The fourth-order valence-corrected chi connectivity index (χ4v) is 2.82. The van der Waals surface area contributed by atoms with E-state index in [0.717, 1.165) is 25.2 Å². The van der Waals surface area contributed by atoms with Crippen LogP contribution in [0.4, 0.5) is 10.1 Å². The zero-order valence-electron chi connectivity index (χ0n) is 11.8. The van der Waals surface area contributed by atoms with Gasteiger partial charge >= 0.3 is 0 Å². The van der Waals surface area contributed by atoms with Crippen LogP contribution in [0.15, 0.2) is 22.7 Å². The lowest BCUT2D eigenvalue weighted by Gasteiger charge is -2.42.